The van der Waals surface area contributed by atoms with Gasteiger partial charge in [-0.05, 0) is 0 Å². The number of aliphatic carboxylic acids is 1. The Balaban J connectivity index is 2.36. The highest BCUT2D eigenvalue weighted by molar-refractivity contribution is 5.92. The first-order valence-electron chi connectivity index (χ1n) is 3.40. The molecule has 0 saturated carbocycles. The Kier molecular flexibility index (Phi) is 1.44. The molecule has 0 aromatic rings. The first-order chi connectivity index (χ1) is 6.20. The first kappa shape index (κ1) is 7.59. The van der Waals surface area contributed by atoms with E-state index >= 15 is 0 Å². The summed E-state index contributed by atoms with van der Waals surface area (Å²) in [5.74, 6) is -1.22. The van der Waals surface area contributed by atoms with Crippen LogP contribution in [0.25, 0.3) is 0 Å². The Morgan fingerprint density at radius 1 is 1.69 bits per heavy atom. The summed E-state index contributed by atoms with van der Waals surface area (Å²) in [6.07, 6.45) is 1.70. The summed E-state index contributed by atoms with van der Waals surface area (Å²) in [4.78, 5) is 25.3. The van der Waals surface area contributed by atoms with E-state index < -0.39 is 12.1 Å². The number of hydrogen-bond donors (Lipinski definition) is 1. The van der Waals surface area contributed by atoms with Crippen LogP contribution < -0.4 is 0 Å². The smallest absolute Gasteiger partial charge is 0.435 e. The molecule has 0 aromatic heterocycles. The van der Waals surface area contributed by atoms with Crippen molar-refractivity contribution in [1.82, 2.24) is 10.0 Å². The molecule has 0 unspecified atom stereocenters. The standard InChI is InChI=1S/C6H5N3O4/c10-5(11)4-1-7-2-8-3-13-6(12)9(4)8/h1-2H,3H2,(H,10,11). The molecule has 1 saturated heterocycles. The van der Waals surface area contributed by atoms with Crippen LogP contribution >= 0.6 is 0 Å². The minimum atomic E-state index is -1.22. The van der Waals surface area contributed by atoms with Gasteiger partial charge in [-0.2, -0.15) is 5.01 Å². The fourth-order valence-electron chi connectivity index (χ4n) is 1.05. The van der Waals surface area contributed by atoms with Gasteiger partial charge in [-0.1, -0.05) is 0 Å². The van der Waals surface area contributed by atoms with Crippen LogP contribution in [0.2, 0.25) is 0 Å². The van der Waals surface area contributed by atoms with E-state index in [1.807, 2.05) is 0 Å². The van der Waals surface area contributed by atoms with E-state index in [9.17, 15) is 9.59 Å². The average molecular weight is 183 g/mol. The van der Waals surface area contributed by atoms with E-state index in [1.54, 1.807) is 0 Å². The van der Waals surface area contributed by atoms with E-state index in [1.165, 1.54) is 11.3 Å². The predicted molar refractivity (Wildman–Crippen MR) is 39.2 cm³/mol. The molecule has 7 heteroatoms. The van der Waals surface area contributed by atoms with Crippen molar-refractivity contribution in [3.63, 3.8) is 0 Å². The lowest BCUT2D eigenvalue weighted by molar-refractivity contribution is -0.135. The Hall–Kier alpha value is -2.05. The summed E-state index contributed by atoms with van der Waals surface area (Å²) in [6, 6.07) is 0. The number of carboxylic acid groups (broad SMARTS) is 1. The molecule has 1 N–H and O–H groups in total. The lowest BCUT2D eigenvalue weighted by Crippen LogP contribution is -2.41. The van der Waals surface area contributed by atoms with Crippen LogP contribution in [0.3, 0.4) is 0 Å². The molecule has 0 spiro atoms. The van der Waals surface area contributed by atoms with Crippen LogP contribution in [0.5, 0.6) is 0 Å². The van der Waals surface area contributed by atoms with Crippen molar-refractivity contribution in [2.24, 2.45) is 4.99 Å². The number of hydrazine groups is 1. The second kappa shape index (κ2) is 2.47. The van der Waals surface area contributed by atoms with Crippen molar-refractivity contribution >= 4 is 18.4 Å². The Morgan fingerprint density at radius 2 is 2.46 bits per heavy atom. The third-order valence-corrected chi connectivity index (χ3v) is 1.59. The topological polar surface area (TPSA) is 82.4 Å². The monoisotopic (exact) mass is 183 g/mol. The zero-order valence-electron chi connectivity index (χ0n) is 6.38. The SMILES string of the molecule is O=C(O)C1=CN=CN2COC(=O)N12. The predicted octanol–water partition coefficient (Wildman–Crippen LogP) is -0.419. The van der Waals surface area contributed by atoms with Crippen molar-refractivity contribution < 1.29 is 19.4 Å². The molecule has 13 heavy (non-hydrogen) atoms. The maximum absolute atomic E-state index is 11.0. The van der Waals surface area contributed by atoms with E-state index in [2.05, 4.69) is 9.73 Å². The number of carbonyl (C=O) groups excluding carboxylic acids is 1. The van der Waals surface area contributed by atoms with E-state index in [-0.39, 0.29) is 12.4 Å². The van der Waals surface area contributed by atoms with Gasteiger partial charge >= 0.3 is 12.1 Å². The molecule has 68 valence electrons. The van der Waals surface area contributed by atoms with Crippen LogP contribution in [0.4, 0.5) is 4.79 Å². The summed E-state index contributed by atoms with van der Waals surface area (Å²) < 4.78 is 4.60. The number of cyclic esters (lactones) is 1. The summed E-state index contributed by atoms with van der Waals surface area (Å²) >= 11 is 0. The first-order valence-corrected chi connectivity index (χ1v) is 3.40. The number of hydrogen-bond acceptors (Lipinski definition) is 5. The van der Waals surface area contributed by atoms with Crippen LogP contribution in [0.15, 0.2) is 16.9 Å². The average Bonchev–Trinajstić information content (AvgIpc) is 2.48. The maximum Gasteiger partial charge on any atom is 0.435 e. The number of rotatable bonds is 1. The lowest BCUT2D eigenvalue weighted by atomic mass is 10.4. The van der Waals surface area contributed by atoms with Crippen LogP contribution in [-0.4, -0.2) is 40.3 Å². The van der Waals surface area contributed by atoms with Gasteiger partial charge in [-0.3, -0.25) is 0 Å². The van der Waals surface area contributed by atoms with E-state index in [0.29, 0.717) is 0 Å². The summed E-state index contributed by atoms with van der Waals surface area (Å²) in [6.45, 7) is -0.00699. The Bertz CT molecular complexity index is 335. The van der Waals surface area contributed by atoms with Crippen molar-refractivity contribution in [2.45, 2.75) is 0 Å². The van der Waals surface area contributed by atoms with Gasteiger partial charge in [0.15, 0.2) is 12.4 Å². The number of carboxylic acids is 1. The van der Waals surface area contributed by atoms with Crippen molar-refractivity contribution in [3.05, 3.63) is 11.9 Å². The molecular formula is C6H5N3O4. The van der Waals surface area contributed by atoms with Crippen molar-refractivity contribution in [1.29, 1.82) is 0 Å². The third kappa shape index (κ3) is 1.01. The minimum absolute atomic E-state index is 0.00699. The summed E-state index contributed by atoms with van der Waals surface area (Å²) in [7, 11) is 0. The molecule has 0 atom stereocenters. The molecule has 1 amide bonds. The van der Waals surface area contributed by atoms with Gasteiger partial charge in [0.2, 0.25) is 0 Å². The molecule has 0 bridgehead atoms. The maximum atomic E-state index is 11.0. The third-order valence-electron chi connectivity index (χ3n) is 1.59. The number of aliphatic imine (C=N–C) groups is 1. The van der Waals surface area contributed by atoms with Crippen LogP contribution in [-0.2, 0) is 9.53 Å². The molecule has 1 fully saturated rings. The Morgan fingerprint density at radius 3 is 3.15 bits per heavy atom. The summed E-state index contributed by atoms with van der Waals surface area (Å²) in [5.41, 5.74) is -0.218. The Labute approximate surface area is 72.5 Å². The molecular weight excluding hydrogens is 178 g/mol. The van der Waals surface area contributed by atoms with Gasteiger partial charge < -0.3 is 9.84 Å². The van der Waals surface area contributed by atoms with E-state index in [0.717, 1.165) is 11.2 Å². The zero-order chi connectivity index (χ0) is 9.42. The van der Waals surface area contributed by atoms with Gasteiger partial charge in [0.05, 0.1) is 6.20 Å². The fourth-order valence-corrected chi connectivity index (χ4v) is 1.05. The largest absolute Gasteiger partial charge is 0.476 e. The summed E-state index contributed by atoms with van der Waals surface area (Å²) in [5, 5.41) is 10.9. The fraction of sp³-hybridized carbons (Fsp3) is 0.167. The van der Waals surface area contributed by atoms with Crippen LogP contribution in [0, 0.1) is 0 Å². The zero-order valence-corrected chi connectivity index (χ0v) is 6.38. The molecule has 7 nitrogen and oxygen atoms in total. The molecule has 0 aliphatic carbocycles. The molecule has 2 heterocycles. The van der Waals surface area contributed by atoms with Gasteiger partial charge in [0.1, 0.15) is 6.34 Å². The van der Waals surface area contributed by atoms with Crippen molar-refractivity contribution in [2.75, 3.05) is 6.73 Å². The lowest BCUT2D eigenvalue weighted by Gasteiger charge is -2.23. The number of fused-ring (bicyclic) bond motifs is 1. The van der Waals surface area contributed by atoms with Crippen molar-refractivity contribution in [3.8, 4) is 0 Å². The number of nitrogens with zero attached hydrogens (tertiary/aromatic N) is 3. The van der Waals surface area contributed by atoms with Gasteiger partial charge in [0, 0.05) is 0 Å². The molecule has 0 aromatic carbocycles. The second-order valence-electron chi connectivity index (χ2n) is 2.37. The highest BCUT2D eigenvalue weighted by Gasteiger charge is 2.36. The number of amides is 1. The quantitative estimate of drug-likeness (QED) is 0.597. The van der Waals surface area contributed by atoms with Gasteiger partial charge in [0.25, 0.3) is 0 Å². The highest BCUT2D eigenvalue weighted by atomic mass is 16.6. The minimum Gasteiger partial charge on any atom is -0.476 e. The highest BCUT2D eigenvalue weighted by Crippen LogP contribution is 2.19. The molecule has 2 aliphatic rings. The van der Waals surface area contributed by atoms with Gasteiger partial charge in [-0.25, -0.2) is 19.6 Å². The van der Waals surface area contributed by atoms with E-state index in [4.69, 9.17) is 5.11 Å². The number of carbonyl (C=O) groups is 2. The van der Waals surface area contributed by atoms with Gasteiger partial charge in [-0.15, -0.1) is 0 Å². The molecule has 2 aliphatic heterocycles. The number of ether oxygens (including phenoxy) is 1. The molecule has 2 rings (SSSR count). The van der Waals surface area contributed by atoms with Crippen LogP contribution in [0.1, 0.15) is 0 Å². The second-order valence-corrected chi connectivity index (χ2v) is 2.37. The molecule has 0 radical (unpaired) electrons. The normalized spacial score (nSPS) is 19.7.